The van der Waals surface area contributed by atoms with Crippen LogP contribution in [0.2, 0.25) is 0 Å². The molecule has 0 bridgehead atoms. The second-order valence-electron chi connectivity index (χ2n) is 4.38. The Bertz CT molecular complexity index is 189. The monoisotopic (exact) mass is 247 g/mol. The highest BCUT2D eigenvalue weighted by atomic mass is 28.4. The highest BCUT2D eigenvalue weighted by Gasteiger charge is 2.47. The first-order valence-corrected chi connectivity index (χ1v) is 7.80. The second-order valence-corrected chi connectivity index (χ2v) is 7.28. The van der Waals surface area contributed by atoms with Crippen LogP contribution in [0.25, 0.3) is 0 Å². The van der Waals surface area contributed by atoms with E-state index in [-0.39, 0.29) is 0 Å². The van der Waals surface area contributed by atoms with Crippen molar-refractivity contribution in [3.63, 3.8) is 0 Å². The largest absolute Gasteiger partial charge is 0.598 e. The fourth-order valence-electron chi connectivity index (χ4n) is 2.59. The first-order chi connectivity index (χ1) is 7.72. The van der Waals surface area contributed by atoms with E-state index >= 15 is 0 Å². The fourth-order valence-corrected chi connectivity index (χ4v) is 4.78. The molecule has 0 spiro atoms. The zero-order chi connectivity index (χ0) is 12.0. The van der Waals surface area contributed by atoms with Gasteiger partial charge in [0.15, 0.2) is 0 Å². The maximum absolute atomic E-state index is 5.52. The molecule has 1 aliphatic heterocycles. The van der Waals surface area contributed by atoms with Crippen LogP contribution in [-0.2, 0) is 13.3 Å². The number of piperidine rings is 1. The third-order valence-electron chi connectivity index (χ3n) is 3.38. The number of rotatable bonds is 6. The van der Waals surface area contributed by atoms with E-state index in [1.54, 1.807) is 21.3 Å². The Morgan fingerprint density at radius 3 is 2.31 bits per heavy atom. The minimum absolute atomic E-state index is 0.770. The smallest absolute Gasteiger partial charge is 0.364 e. The van der Waals surface area contributed by atoms with Gasteiger partial charge in [0, 0.05) is 27.9 Å². The summed E-state index contributed by atoms with van der Waals surface area (Å²) < 4.78 is 18.9. The lowest BCUT2D eigenvalue weighted by Crippen LogP contribution is -2.62. The summed E-state index contributed by atoms with van der Waals surface area (Å²) in [6.45, 7) is 4.32. The molecule has 0 aromatic heterocycles. The van der Waals surface area contributed by atoms with Gasteiger partial charge in [0.1, 0.15) is 0 Å². The molecule has 0 aliphatic carbocycles. The molecule has 0 aromatic carbocycles. The van der Waals surface area contributed by atoms with Crippen molar-refractivity contribution < 1.29 is 13.3 Å². The predicted octanol–water partition coefficient (Wildman–Crippen LogP) is 1.87. The van der Waals surface area contributed by atoms with Crippen molar-refractivity contribution in [1.82, 2.24) is 4.57 Å². The average molecular weight is 247 g/mol. The summed E-state index contributed by atoms with van der Waals surface area (Å²) in [7, 11) is 2.50. The first kappa shape index (κ1) is 14.1. The topological polar surface area (TPSA) is 30.9 Å². The normalized spacial score (nSPS) is 23.6. The third-order valence-corrected chi connectivity index (χ3v) is 6.11. The van der Waals surface area contributed by atoms with Gasteiger partial charge in [-0.1, -0.05) is 13.3 Å². The first-order valence-electron chi connectivity index (χ1n) is 6.13. The molecule has 4 nitrogen and oxygen atoms in total. The molecule has 1 unspecified atom stereocenters. The van der Waals surface area contributed by atoms with E-state index in [9.17, 15) is 0 Å². The van der Waals surface area contributed by atoms with Gasteiger partial charge in [-0.25, -0.2) is 0 Å². The highest BCUT2D eigenvalue weighted by Crippen LogP contribution is 2.25. The zero-order valence-corrected chi connectivity index (χ0v) is 12.0. The molecule has 96 valence electrons. The van der Waals surface area contributed by atoms with Crippen molar-refractivity contribution >= 4 is 8.97 Å². The summed E-state index contributed by atoms with van der Waals surface area (Å²) >= 11 is 0. The van der Waals surface area contributed by atoms with E-state index < -0.39 is 8.97 Å². The molecule has 1 aliphatic rings. The van der Waals surface area contributed by atoms with E-state index in [0.717, 1.165) is 19.0 Å². The molecule has 0 N–H and O–H groups in total. The Morgan fingerprint density at radius 1 is 1.19 bits per heavy atom. The lowest BCUT2D eigenvalue weighted by Gasteiger charge is -2.40. The molecule has 1 fully saturated rings. The summed E-state index contributed by atoms with van der Waals surface area (Å²) in [6.07, 6.45) is 5.08. The average Bonchev–Trinajstić information content (AvgIpc) is 2.33. The molecule has 5 heteroatoms. The van der Waals surface area contributed by atoms with Crippen LogP contribution in [0, 0.1) is 5.92 Å². The predicted molar refractivity (Wildman–Crippen MR) is 66.0 cm³/mol. The summed E-state index contributed by atoms with van der Waals surface area (Å²) in [5, 5.41) is 0. The number of hydrogen-bond donors (Lipinski definition) is 0. The van der Waals surface area contributed by atoms with Gasteiger partial charge in [0.25, 0.3) is 0 Å². The molecule has 16 heavy (non-hydrogen) atoms. The molecule has 1 atom stereocenters. The van der Waals surface area contributed by atoms with Crippen LogP contribution >= 0.6 is 0 Å². The lowest BCUT2D eigenvalue weighted by molar-refractivity contribution is 0.0404. The SMILES string of the molecule is CCCC1CCCN([Si](OC)(OC)OC)C1. The van der Waals surface area contributed by atoms with Crippen LogP contribution in [0.15, 0.2) is 0 Å². The van der Waals surface area contributed by atoms with Crippen molar-refractivity contribution in [2.75, 3.05) is 34.4 Å². The van der Waals surface area contributed by atoms with Gasteiger partial charge in [-0.3, -0.25) is 4.57 Å². The Balaban J connectivity index is 2.63. The molecule has 0 amide bonds. The van der Waals surface area contributed by atoms with Gasteiger partial charge in [-0.15, -0.1) is 0 Å². The van der Waals surface area contributed by atoms with Crippen LogP contribution in [0.3, 0.4) is 0 Å². The summed E-state index contributed by atoms with van der Waals surface area (Å²) in [4.78, 5) is 0. The van der Waals surface area contributed by atoms with E-state index in [2.05, 4.69) is 11.5 Å². The maximum atomic E-state index is 5.52. The van der Waals surface area contributed by atoms with Gasteiger partial charge in [-0.2, -0.15) is 0 Å². The number of nitrogens with zero attached hydrogens (tertiary/aromatic N) is 1. The van der Waals surface area contributed by atoms with E-state index in [1.165, 1.54) is 25.7 Å². The van der Waals surface area contributed by atoms with Crippen LogP contribution in [0.4, 0.5) is 0 Å². The van der Waals surface area contributed by atoms with Crippen LogP contribution < -0.4 is 0 Å². The summed E-state index contributed by atoms with van der Waals surface area (Å²) in [5.74, 6) is 0.770. The van der Waals surface area contributed by atoms with Crippen LogP contribution in [0.1, 0.15) is 32.6 Å². The molecule has 1 heterocycles. The second kappa shape index (κ2) is 6.71. The molecule has 0 aromatic rings. The van der Waals surface area contributed by atoms with Crippen molar-refractivity contribution in [1.29, 1.82) is 0 Å². The third kappa shape index (κ3) is 3.04. The quantitative estimate of drug-likeness (QED) is 0.671. The molecule has 1 rings (SSSR count). The Kier molecular flexibility index (Phi) is 5.92. The number of hydrogen-bond acceptors (Lipinski definition) is 4. The van der Waals surface area contributed by atoms with Gasteiger partial charge >= 0.3 is 8.97 Å². The van der Waals surface area contributed by atoms with Crippen molar-refractivity contribution in [2.24, 2.45) is 5.92 Å². The fraction of sp³-hybridized carbons (Fsp3) is 1.00. The van der Waals surface area contributed by atoms with Gasteiger partial charge in [-0.05, 0) is 31.7 Å². The maximum Gasteiger partial charge on any atom is 0.598 e. The summed E-state index contributed by atoms with van der Waals surface area (Å²) in [5.41, 5.74) is 0. The molecule has 1 saturated heterocycles. The Labute approximate surface area is 100 Å². The van der Waals surface area contributed by atoms with Crippen molar-refractivity contribution in [3.05, 3.63) is 0 Å². The Morgan fingerprint density at radius 2 is 1.81 bits per heavy atom. The minimum Gasteiger partial charge on any atom is -0.364 e. The van der Waals surface area contributed by atoms with E-state index in [4.69, 9.17) is 13.3 Å². The molecule has 0 radical (unpaired) electrons. The molecular formula is C11H25NO3Si. The van der Waals surface area contributed by atoms with Gasteiger partial charge in [0.2, 0.25) is 0 Å². The lowest BCUT2D eigenvalue weighted by atomic mass is 9.95. The Hall–Kier alpha value is 0.0569. The van der Waals surface area contributed by atoms with Crippen molar-refractivity contribution in [3.8, 4) is 0 Å². The minimum atomic E-state index is -2.55. The van der Waals surface area contributed by atoms with Crippen LogP contribution in [0.5, 0.6) is 0 Å². The standard InChI is InChI=1S/C11H25NO3Si/c1-5-7-11-8-6-9-12(10-11)16(13-2,14-3)15-4/h11H,5-10H2,1-4H3. The van der Waals surface area contributed by atoms with Crippen molar-refractivity contribution in [2.45, 2.75) is 32.6 Å². The van der Waals surface area contributed by atoms with Gasteiger partial charge < -0.3 is 13.3 Å². The zero-order valence-electron chi connectivity index (χ0n) is 11.0. The van der Waals surface area contributed by atoms with E-state index in [1.807, 2.05) is 0 Å². The summed E-state index contributed by atoms with van der Waals surface area (Å²) in [6, 6.07) is 0. The van der Waals surface area contributed by atoms with Crippen LogP contribution in [-0.4, -0.2) is 48.0 Å². The van der Waals surface area contributed by atoms with E-state index in [0.29, 0.717) is 0 Å². The van der Waals surface area contributed by atoms with Gasteiger partial charge in [0.05, 0.1) is 0 Å². The highest BCUT2D eigenvalue weighted by molar-refractivity contribution is 6.57. The molecular weight excluding hydrogens is 222 g/mol. The molecule has 0 saturated carbocycles.